The highest BCUT2D eigenvalue weighted by Crippen LogP contribution is 2.24. The fourth-order valence-electron chi connectivity index (χ4n) is 2.93. The Hall–Kier alpha value is -2.88. The van der Waals surface area contributed by atoms with Crippen molar-refractivity contribution in [1.29, 1.82) is 0 Å². The molecule has 14 heteroatoms. The van der Waals surface area contributed by atoms with E-state index in [0.29, 0.717) is 11.2 Å². The van der Waals surface area contributed by atoms with Crippen LogP contribution < -0.4 is 10.5 Å². The van der Waals surface area contributed by atoms with Gasteiger partial charge in [-0.05, 0) is 6.07 Å². The molecule has 3 atom stereocenters. The van der Waals surface area contributed by atoms with E-state index >= 15 is 0 Å². The number of hydrogen-bond donors (Lipinski definition) is 6. The maximum Gasteiger partial charge on any atom is 0.214 e. The number of nitrogens with one attached hydrogen (secondary N) is 1. The van der Waals surface area contributed by atoms with E-state index in [0.717, 1.165) is 0 Å². The largest absolute Gasteiger partial charge is 0.508 e. The number of benzene rings is 1. The number of nitrogens with zero attached hydrogens (tertiary/aromatic N) is 4. The van der Waals surface area contributed by atoms with Gasteiger partial charge in [-0.2, -0.15) is 0 Å². The van der Waals surface area contributed by atoms with Crippen molar-refractivity contribution in [2.45, 2.75) is 25.0 Å². The first kappa shape index (κ1) is 23.8. The molecule has 0 bridgehead atoms. The van der Waals surface area contributed by atoms with Gasteiger partial charge in [-0.25, -0.2) is 28.1 Å². The summed E-state index contributed by atoms with van der Waals surface area (Å²) in [6, 6.07) is 5.83. The summed E-state index contributed by atoms with van der Waals surface area (Å²) in [4.78, 5) is 12.0. The number of sulfonamides is 1. The summed E-state index contributed by atoms with van der Waals surface area (Å²) in [6.07, 6.45) is -1.35. The second kappa shape index (κ2) is 10.2. The number of hydrogen-bond acceptors (Lipinski definition) is 11. The van der Waals surface area contributed by atoms with Gasteiger partial charge in [0.15, 0.2) is 11.5 Å². The first-order valence-electron chi connectivity index (χ1n) is 9.47. The van der Waals surface area contributed by atoms with Crippen LogP contribution in [0.2, 0.25) is 0 Å². The number of aromatic nitrogens is 4. The van der Waals surface area contributed by atoms with Crippen LogP contribution in [0.5, 0.6) is 5.75 Å². The molecule has 174 valence electrons. The topological polar surface area (TPSA) is 206 Å². The van der Waals surface area contributed by atoms with Crippen molar-refractivity contribution in [3.05, 3.63) is 42.5 Å². The summed E-state index contributed by atoms with van der Waals surface area (Å²) in [5, 5.41) is 39.3. The first-order valence-corrected chi connectivity index (χ1v) is 11.1. The minimum Gasteiger partial charge on any atom is -0.508 e. The van der Waals surface area contributed by atoms with Crippen LogP contribution in [-0.4, -0.2) is 79.5 Å². The maximum absolute atomic E-state index is 12.4. The molecule has 0 aliphatic heterocycles. The van der Waals surface area contributed by atoms with Crippen molar-refractivity contribution in [1.82, 2.24) is 24.2 Å². The van der Waals surface area contributed by atoms with Crippen LogP contribution >= 0.6 is 0 Å². The van der Waals surface area contributed by atoms with E-state index in [4.69, 9.17) is 10.5 Å². The first-order chi connectivity index (χ1) is 15.2. The SMILES string of the molecule is Nc1ncnc2c1ncn2CO[C@H](CNS(=O)(=O)CC(O)c1ccccc1O)C(O)CO. The molecule has 3 aromatic rings. The summed E-state index contributed by atoms with van der Waals surface area (Å²) in [5.41, 5.74) is 6.52. The summed E-state index contributed by atoms with van der Waals surface area (Å²) < 4.78 is 34.1. The third-order valence-electron chi connectivity index (χ3n) is 4.65. The Morgan fingerprint density at radius 1 is 1.19 bits per heavy atom. The number of phenols is 1. The average Bonchev–Trinajstić information content (AvgIpc) is 3.17. The van der Waals surface area contributed by atoms with Gasteiger partial charge in [0, 0.05) is 12.1 Å². The van der Waals surface area contributed by atoms with Crippen LogP contribution in [0, 0.1) is 0 Å². The molecule has 0 saturated heterocycles. The van der Waals surface area contributed by atoms with E-state index in [1.54, 1.807) is 12.1 Å². The molecule has 3 rings (SSSR count). The number of aliphatic hydroxyl groups is 3. The predicted molar refractivity (Wildman–Crippen MR) is 113 cm³/mol. The van der Waals surface area contributed by atoms with Gasteiger partial charge in [-0.3, -0.25) is 4.57 Å². The number of nitrogens with two attached hydrogens (primary N) is 1. The third-order valence-corrected chi connectivity index (χ3v) is 6.01. The van der Waals surface area contributed by atoms with Crippen molar-refractivity contribution < 1.29 is 33.6 Å². The van der Waals surface area contributed by atoms with Crippen molar-refractivity contribution in [3.8, 4) is 5.75 Å². The van der Waals surface area contributed by atoms with Crippen LogP contribution in [-0.2, 0) is 21.5 Å². The van der Waals surface area contributed by atoms with E-state index < -0.39 is 40.7 Å². The lowest BCUT2D eigenvalue weighted by Crippen LogP contribution is -2.43. The molecule has 0 fully saturated rings. The van der Waals surface area contributed by atoms with Crippen molar-refractivity contribution >= 4 is 27.0 Å². The Morgan fingerprint density at radius 3 is 2.66 bits per heavy atom. The fourth-order valence-corrected chi connectivity index (χ4v) is 4.06. The predicted octanol–water partition coefficient (Wildman–Crippen LogP) is -1.54. The zero-order chi connectivity index (χ0) is 23.3. The minimum atomic E-state index is -4.04. The molecule has 2 heterocycles. The van der Waals surface area contributed by atoms with Crippen LogP contribution in [0.25, 0.3) is 11.2 Å². The van der Waals surface area contributed by atoms with Crippen molar-refractivity contribution in [2.75, 3.05) is 24.6 Å². The zero-order valence-corrected chi connectivity index (χ0v) is 17.6. The Labute approximate surface area is 183 Å². The lowest BCUT2D eigenvalue weighted by Gasteiger charge is -2.23. The summed E-state index contributed by atoms with van der Waals surface area (Å²) in [5.74, 6) is -0.782. The highest BCUT2D eigenvalue weighted by molar-refractivity contribution is 7.89. The Morgan fingerprint density at radius 2 is 1.94 bits per heavy atom. The molecule has 2 unspecified atom stereocenters. The minimum absolute atomic E-state index is 0.0642. The molecule has 13 nitrogen and oxygen atoms in total. The number of aromatic hydroxyl groups is 1. The summed E-state index contributed by atoms with van der Waals surface area (Å²) in [7, 11) is -4.04. The number of phenolic OH excluding ortho intramolecular Hbond substituents is 1. The number of fused-ring (bicyclic) bond motifs is 1. The van der Waals surface area contributed by atoms with Gasteiger partial charge in [0.1, 0.15) is 36.5 Å². The molecular weight excluding hydrogens is 444 g/mol. The highest BCUT2D eigenvalue weighted by Gasteiger charge is 2.25. The Bertz CT molecular complexity index is 1160. The molecule has 0 saturated carbocycles. The number of nitrogen functional groups attached to an aromatic ring is 1. The Kier molecular flexibility index (Phi) is 7.55. The van der Waals surface area contributed by atoms with Gasteiger partial charge in [0.05, 0.1) is 24.8 Å². The van der Waals surface area contributed by atoms with Crippen LogP contribution in [0.3, 0.4) is 0 Å². The lowest BCUT2D eigenvalue weighted by molar-refractivity contribution is -0.0765. The van der Waals surface area contributed by atoms with Crippen LogP contribution in [0.4, 0.5) is 5.82 Å². The van der Waals surface area contributed by atoms with Crippen LogP contribution in [0.15, 0.2) is 36.9 Å². The number of anilines is 1. The van der Waals surface area contributed by atoms with Gasteiger partial charge in [-0.1, -0.05) is 18.2 Å². The molecule has 1 aromatic carbocycles. The van der Waals surface area contributed by atoms with Gasteiger partial charge >= 0.3 is 0 Å². The van der Waals surface area contributed by atoms with Crippen LogP contribution in [0.1, 0.15) is 11.7 Å². The number of para-hydroxylation sites is 1. The van der Waals surface area contributed by atoms with E-state index in [9.17, 15) is 28.8 Å². The average molecular weight is 468 g/mol. The summed E-state index contributed by atoms with van der Waals surface area (Å²) >= 11 is 0. The quantitative estimate of drug-likeness (QED) is 0.190. The lowest BCUT2D eigenvalue weighted by atomic mass is 10.1. The number of aliphatic hydroxyl groups excluding tert-OH is 3. The molecule has 0 spiro atoms. The molecule has 0 aliphatic carbocycles. The molecule has 0 aliphatic rings. The zero-order valence-electron chi connectivity index (χ0n) is 16.8. The maximum atomic E-state index is 12.4. The molecule has 0 amide bonds. The van der Waals surface area contributed by atoms with E-state index in [2.05, 4.69) is 19.7 Å². The second-order valence-corrected chi connectivity index (χ2v) is 8.79. The number of rotatable bonds is 11. The van der Waals surface area contributed by atoms with Crippen molar-refractivity contribution in [2.24, 2.45) is 0 Å². The number of imidazole rings is 1. The fraction of sp³-hybridized carbons (Fsp3) is 0.389. The van der Waals surface area contributed by atoms with Crippen molar-refractivity contribution in [3.63, 3.8) is 0 Å². The molecule has 7 N–H and O–H groups in total. The second-order valence-electron chi connectivity index (χ2n) is 6.93. The smallest absolute Gasteiger partial charge is 0.214 e. The van der Waals surface area contributed by atoms with Gasteiger partial charge in [0.25, 0.3) is 0 Å². The summed E-state index contributed by atoms with van der Waals surface area (Å²) in [6.45, 7) is -1.23. The van der Waals surface area contributed by atoms with Gasteiger partial charge < -0.3 is 30.9 Å². The van der Waals surface area contributed by atoms with E-state index in [1.165, 1.54) is 29.4 Å². The number of ether oxygens (including phenoxy) is 1. The third kappa shape index (κ3) is 5.67. The normalized spacial score (nSPS) is 15.0. The molecular formula is C18H24N6O7S. The standard InChI is InChI=1S/C18H24N6O7S/c19-17-16-18(21-8-20-17)24(9-22-16)10-31-15(13(27)6-25)5-23-32(29,30)7-14(28)11-3-1-2-4-12(11)26/h1-4,8-9,13-15,23,25-28H,5-7,10H2,(H2,19,20,21)/t13?,14?,15-/m1/s1. The van der Waals surface area contributed by atoms with E-state index in [1.807, 2.05) is 0 Å². The van der Waals surface area contributed by atoms with Gasteiger partial charge in [-0.15, -0.1) is 0 Å². The molecule has 32 heavy (non-hydrogen) atoms. The highest BCUT2D eigenvalue weighted by atomic mass is 32.2. The van der Waals surface area contributed by atoms with Gasteiger partial charge in [0.2, 0.25) is 10.0 Å². The Balaban J connectivity index is 1.63. The molecule has 2 aromatic heterocycles. The monoisotopic (exact) mass is 468 g/mol. The molecule has 0 radical (unpaired) electrons. The van der Waals surface area contributed by atoms with E-state index in [-0.39, 0.29) is 30.4 Å².